The number of anilines is 1. The zero-order chi connectivity index (χ0) is 14.4. The molecule has 0 aliphatic rings. The Bertz CT molecular complexity index is 477. The van der Waals surface area contributed by atoms with Gasteiger partial charge in [0.15, 0.2) is 5.84 Å². The summed E-state index contributed by atoms with van der Waals surface area (Å²) in [6.07, 6.45) is 0.403. The summed E-state index contributed by atoms with van der Waals surface area (Å²) in [4.78, 5) is 13.8. The van der Waals surface area contributed by atoms with E-state index in [-0.39, 0.29) is 11.7 Å². The predicted octanol–water partition coefficient (Wildman–Crippen LogP) is 1.95. The molecule has 0 saturated carbocycles. The maximum absolute atomic E-state index is 13.2. The van der Waals surface area contributed by atoms with E-state index >= 15 is 0 Å². The molecule has 19 heavy (non-hydrogen) atoms. The summed E-state index contributed by atoms with van der Waals surface area (Å²) in [7, 11) is 0. The van der Waals surface area contributed by atoms with E-state index in [1.165, 1.54) is 23.1 Å². The molecule has 0 fully saturated rings. The second kappa shape index (κ2) is 6.72. The minimum atomic E-state index is -0.715. The number of carbonyl (C=O) groups excluding carboxylic acids is 1. The maximum atomic E-state index is 13.2. The van der Waals surface area contributed by atoms with E-state index in [0.29, 0.717) is 18.7 Å². The molecule has 0 saturated heterocycles. The van der Waals surface area contributed by atoms with Gasteiger partial charge in [0.25, 0.3) is 0 Å². The molecule has 0 heterocycles. The van der Waals surface area contributed by atoms with E-state index in [1.54, 1.807) is 19.9 Å². The normalized spacial score (nSPS) is 13.1. The third kappa shape index (κ3) is 3.43. The molecule has 3 N–H and O–H groups in total. The predicted molar refractivity (Wildman–Crippen MR) is 71.6 cm³/mol. The van der Waals surface area contributed by atoms with E-state index in [9.17, 15) is 9.18 Å². The first-order valence-corrected chi connectivity index (χ1v) is 6.09. The summed E-state index contributed by atoms with van der Waals surface area (Å²) in [5.41, 5.74) is 5.96. The quantitative estimate of drug-likeness (QED) is 0.370. The number of hydrogen-bond acceptors (Lipinski definition) is 3. The van der Waals surface area contributed by atoms with Gasteiger partial charge in [-0.15, -0.1) is 0 Å². The topological polar surface area (TPSA) is 78.9 Å². The van der Waals surface area contributed by atoms with Gasteiger partial charge in [-0.1, -0.05) is 18.1 Å². The van der Waals surface area contributed by atoms with E-state index in [1.807, 2.05) is 0 Å². The van der Waals surface area contributed by atoms with E-state index in [2.05, 4.69) is 5.16 Å². The molecule has 1 aromatic rings. The fourth-order valence-electron chi connectivity index (χ4n) is 1.88. The Morgan fingerprint density at radius 1 is 1.53 bits per heavy atom. The number of benzene rings is 1. The van der Waals surface area contributed by atoms with Gasteiger partial charge in [-0.3, -0.25) is 4.79 Å². The van der Waals surface area contributed by atoms with E-state index in [4.69, 9.17) is 10.9 Å². The third-order valence-corrected chi connectivity index (χ3v) is 2.88. The number of amides is 1. The largest absolute Gasteiger partial charge is 0.409 e. The summed E-state index contributed by atoms with van der Waals surface area (Å²) in [6, 6.07) is 5.76. The lowest BCUT2D eigenvalue weighted by Crippen LogP contribution is -2.42. The number of halogens is 1. The summed E-state index contributed by atoms with van der Waals surface area (Å²) >= 11 is 0. The summed E-state index contributed by atoms with van der Waals surface area (Å²) < 4.78 is 13.2. The van der Waals surface area contributed by atoms with Gasteiger partial charge in [0.05, 0.1) is 5.92 Å². The third-order valence-electron chi connectivity index (χ3n) is 2.88. The molecule has 5 nitrogen and oxygen atoms in total. The van der Waals surface area contributed by atoms with Crippen LogP contribution in [0, 0.1) is 11.7 Å². The molecule has 6 heteroatoms. The van der Waals surface area contributed by atoms with Gasteiger partial charge in [0.2, 0.25) is 5.91 Å². The van der Waals surface area contributed by atoms with Crippen LogP contribution in [0.25, 0.3) is 0 Å². The second-order valence-electron chi connectivity index (χ2n) is 4.05. The van der Waals surface area contributed by atoms with Gasteiger partial charge in [-0.25, -0.2) is 4.39 Å². The van der Waals surface area contributed by atoms with Crippen LogP contribution in [0.15, 0.2) is 29.4 Å². The number of hydrogen-bond donors (Lipinski definition) is 2. The first-order valence-electron chi connectivity index (χ1n) is 6.09. The van der Waals surface area contributed by atoms with Crippen LogP contribution < -0.4 is 10.6 Å². The van der Waals surface area contributed by atoms with Crippen molar-refractivity contribution in [2.45, 2.75) is 20.3 Å². The van der Waals surface area contributed by atoms with Gasteiger partial charge < -0.3 is 15.8 Å². The first-order chi connectivity index (χ1) is 9.04. The van der Waals surface area contributed by atoms with Crippen molar-refractivity contribution in [1.82, 2.24) is 0 Å². The van der Waals surface area contributed by atoms with Gasteiger partial charge in [0.1, 0.15) is 5.82 Å². The number of amidine groups is 1. The first kappa shape index (κ1) is 14.9. The number of nitrogens with zero attached hydrogens (tertiary/aromatic N) is 2. The molecule has 0 aliphatic carbocycles. The summed E-state index contributed by atoms with van der Waals surface area (Å²) in [5.74, 6) is -1.58. The second-order valence-corrected chi connectivity index (χ2v) is 4.05. The van der Waals surface area contributed by atoms with E-state index < -0.39 is 11.7 Å². The molecule has 1 atom stereocenters. The lowest BCUT2D eigenvalue weighted by Gasteiger charge is -2.25. The van der Waals surface area contributed by atoms with Crippen molar-refractivity contribution >= 4 is 17.4 Å². The molecule has 104 valence electrons. The lowest BCUT2D eigenvalue weighted by molar-refractivity contribution is -0.120. The molecule has 1 unspecified atom stereocenters. The molecule has 0 bridgehead atoms. The average Bonchev–Trinajstić information content (AvgIpc) is 2.40. The zero-order valence-electron chi connectivity index (χ0n) is 11.0. The zero-order valence-corrected chi connectivity index (χ0v) is 11.0. The molecule has 1 amide bonds. The fraction of sp³-hybridized carbons (Fsp3) is 0.385. The van der Waals surface area contributed by atoms with Gasteiger partial charge in [-0.05, 0) is 31.5 Å². The monoisotopic (exact) mass is 267 g/mol. The maximum Gasteiger partial charge on any atom is 0.237 e. The fourth-order valence-corrected chi connectivity index (χ4v) is 1.88. The Kier molecular flexibility index (Phi) is 5.29. The van der Waals surface area contributed by atoms with Gasteiger partial charge in [-0.2, -0.15) is 0 Å². The molecule has 1 rings (SSSR count). The molecule has 1 aromatic carbocycles. The Balaban J connectivity index is 3.06. The van der Waals surface area contributed by atoms with Crippen LogP contribution in [-0.4, -0.2) is 23.5 Å². The molecule has 0 aliphatic heterocycles. The van der Waals surface area contributed by atoms with Crippen LogP contribution in [0.4, 0.5) is 10.1 Å². The molecule has 0 aromatic heterocycles. The van der Waals surface area contributed by atoms with Crippen molar-refractivity contribution < 1.29 is 14.4 Å². The number of rotatable bonds is 5. The van der Waals surface area contributed by atoms with Crippen molar-refractivity contribution in [3.63, 3.8) is 0 Å². The van der Waals surface area contributed by atoms with Crippen LogP contribution in [-0.2, 0) is 4.79 Å². The average molecular weight is 267 g/mol. The highest BCUT2D eigenvalue weighted by Crippen LogP contribution is 2.19. The van der Waals surface area contributed by atoms with Crippen LogP contribution in [0.1, 0.15) is 20.3 Å². The molecular formula is C13H18FN3O2. The Labute approximate surface area is 111 Å². The van der Waals surface area contributed by atoms with Crippen molar-refractivity contribution in [3.8, 4) is 0 Å². The minimum absolute atomic E-state index is 0.137. The highest BCUT2D eigenvalue weighted by Gasteiger charge is 2.26. The standard InChI is InChI=1S/C13H18FN3O2/c1-3-11(12(15)16-19)13(18)17(4-2)10-7-5-6-9(14)8-10/h5-8,11,19H,3-4H2,1-2H3,(H2,15,16). The van der Waals surface area contributed by atoms with Crippen molar-refractivity contribution in [2.75, 3.05) is 11.4 Å². The Morgan fingerprint density at radius 2 is 2.21 bits per heavy atom. The lowest BCUT2D eigenvalue weighted by atomic mass is 10.0. The van der Waals surface area contributed by atoms with Crippen LogP contribution in [0.5, 0.6) is 0 Å². The van der Waals surface area contributed by atoms with Crippen LogP contribution in [0.3, 0.4) is 0 Å². The Hall–Kier alpha value is -2.11. The number of nitrogens with two attached hydrogens (primary N) is 1. The SMILES string of the molecule is CCC(C(=O)N(CC)c1cccc(F)c1)C(N)=NO. The molecule has 0 spiro atoms. The minimum Gasteiger partial charge on any atom is -0.409 e. The van der Waals surface area contributed by atoms with Gasteiger partial charge in [0, 0.05) is 12.2 Å². The summed E-state index contributed by atoms with van der Waals surface area (Å²) in [6.45, 7) is 3.92. The van der Waals surface area contributed by atoms with Gasteiger partial charge >= 0.3 is 0 Å². The van der Waals surface area contributed by atoms with Crippen molar-refractivity contribution in [2.24, 2.45) is 16.8 Å². The van der Waals surface area contributed by atoms with Crippen LogP contribution in [0.2, 0.25) is 0 Å². The smallest absolute Gasteiger partial charge is 0.237 e. The van der Waals surface area contributed by atoms with Crippen molar-refractivity contribution in [3.05, 3.63) is 30.1 Å². The number of oxime groups is 1. The highest BCUT2D eigenvalue weighted by atomic mass is 19.1. The van der Waals surface area contributed by atoms with E-state index in [0.717, 1.165) is 0 Å². The van der Waals surface area contributed by atoms with Crippen molar-refractivity contribution in [1.29, 1.82) is 0 Å². The molecular weight excluding hydrogens is 249 g/mol. The Morgan fingerprint density at radius 3 is 2.68 bits per heavy atom. The highest BCUT2D eigenvalue weighted by molar-refractivity contribution is 6.08. The summed E-state index contributed by atoms with van der Waals surface area (Å²) in [5, 5.41) is 11.6. The number of carbonyl (C=O) groups is 1. The van der Waals surface area contributed by atoms with Crippen LogP contribution >= 0.6 is 0 Å². The molecule has 0 radical (unpaired) electrons.